The Balaban J connectivity index is 2.04. The van der Waals surface area contributed by atoms with E-state index in [1.807, 2.05) is 6.92 Å². The molecule has 1 aromatic heterocycles. The number of thiazole rings is 1. The second-order valence-electron chi connectivity index (χ2n) is 5.53. The molecule has 114 valence electrons. The number of halogens is 1. The van der Waals surface area contributed by atoms with Crippen LogP contribution in [0, 0.1) is 6.92 Å². The molecule has 2 aromatic rings. The molecule has 0 aliphatic rings. The molecule has 0 amide bonds. The summed E-state index contributed by atoms with van der Waals surface area (Å²) in [6.07, 6.45) is 0. The molecule has 3 nitrogen and oxygen atoms in total. The van der Waals surface area contributed by atoms with Crippen LogP contribution in [0.1, 0.15) is 30.1 Å². The zero-order valence-corrected chi connectivity index (χ0v) is 15.4. The van der Waals surface area contributed by atoms with Crippen LogP contribution in [0.5, 0.6) is 0 Å². The Morgan fingerprint density at radius 2 is 2.14 bits per heavy atom. The van der Waals surface area contributed by atoms with E-state index in [1.165, 1.54) is 11.3 Å². The van der Waals surface area contributed by atoms with Gasteiger partial charge in [0, 0.05) is 35.2 Å². The molecular formula is C16H22BrN3S. The normalized spacial score (nSPS) is 11.1. The smallest absolute Gasteiger partial charge is 0.0898 e. The molecule has 1 heterocycles. The Kier molecular flexibility index (Phi) is 5.79. The summed E-state index contributed by atoms with van der Waals surface area (Å²) in [5.74, 6) is 0. The van der Waals surface area contributed by atoms with E-state index in [1.54, 1.807) is 11.3 Å². The first-order valence-corrected chi connectivity index (χ1v) is 8.77. The summed E-state index contributed by atoms with van der Waals surface area (Å²) in [6.45, 7) is 8.08. The van der Waals surface area contributed by atoms with Gasteiger partial charge in [-0.15, -0.1) is 11.3 Å². The van der Waals surface area contributed by atoms with E-state index in [2.05, 4.69) is 75.6 Å². The quantitative estimate of drug-likeness (QED) is 0.822. The van der Waals surface area contributed by atoms with Gasteiger partial charge in [0.2, 0.25) is 0 Å². The molecule has 21 heavy (non-hydrogen) atoms. The molecule has 0 fully saturated rings. The summed E-state index contributed by atoms with van der Waals surface area (Å²) < 4.78 is 1.15. The van der Waals surface area contributed by atoms with Crippen molar-refractivity contribution in [3.05, 3.63) is 44.3 Å². The minimum Gasteiger partial charge on any atom is -0.369 e. The number of aryl methyl sites for hydroxylation is 1. The molecule has 2 rings (SSSR count). The number of hydrogen-bond donors (Lipinski definition) is 1. The Hall–Kier alpha value is -0.910. The van der Waals surface area contributed by atoms with Gasteiger partial charge >= 0.3 is 0 Å². The van der Waals surface area contributed by atoms with E-state index in [9.17, 15) is 0 Å². The fourth-order valence-corrected chi connectivity index (χ4v) is 3.16. The SMILES string of the molecule is Cc1nc(CN(C)c2ccc(CNC(C)C)c(Br)c2)cs1. The first-order chi connectivity index (χ1) is 9.95. The van der Waals surface area contributed by atoms with E-state index in [4.69, 9.17) is 0 Å². The van der Waals surface area contributed by atoms with Crippen molar-refractivity contribution in [2.45, 2.75) is 39.9 Å². The van der Waals surface area contributed by atoms with Gasteiger partial charge in [0.1, 0.15) is 0 Å². The van der Waals surface area contributed by atoms with Crippen molar-refractivity contribution in [1.82, 2.24) is 10.3 Å². The van der Waals surface area contributed by atoms with E-state index >= 15 is 0 Å². The molecule has 0 aliphatic carbocycles. The van der Waals surface area contributed by atoms with Crippen LogP contribution < -0.4 is 10.2 Å². The van der Waals surface area contributed by atoms with Crippen LogP contribution in [-0.2, 0) is 13.1 Å². The number of aromatic nitrogens is 1. The summed E-state index contributed by atoms with van der Waals surface area (Å²) in [7, 11) is 2.10. The van der Waals surface area contributed by atoms with Gasteiger partial charge in [0.15, 0.2) is 0 Å². The Morgan fingerprint density at radius 1 is 1.38 bits per heavy atom. The van der Waals surface area contributed by atoms with Crippen LogP contribution in [0.4, 0.5) is 5.69 Å². The van der Waals surface area contributed by atoms with Crippen LogP contribution in [0.25, 0.3) is 0 Å². The van der Waals surface area contributed by atoms with Gasteiger partial charge in [-0.2, -0.15) is 0 Å². The highest BCUT2D eigenvalue weighted by Gasteiger charge is 2.08. The van der Waals surface area contributed by atoms with Gasteiger partial charge in [-0.3, -0.25) is 0 Å². The fraction of sp³-hybridized carbons (Fsp3) is 0.438. The average molecular weight is 368 g/mol. The summed E-state index contributed by atoms with van der Waals surface area (Å²) in [5.41, 5.74) is 3.60. The molecule has 1 aromatic carbocycles. The molecule has 0 unspecified atom stereocenters. The Morgan fingerprint density at radius 3 is 2.71 bits per heavy atom. The lowest BCUT2D eigenvalue weighted by molar-refractivity contribution is 0.588. The van der Waals surface area contributed by atoms with Crippen molar-refractivity contribution in [3.63, 3.8) is 0 Å². The molecule has 5 heteroatoms. The zero-order valence-electron chi connectivity index (χ0n) is 13.0. The molecule has 0 spiro atoms. The number of hydrogen-bond acceptors (Lipinski definition) is 4. The maximum Gasteiger partial charge on any atom is 0.0898 e. The first kappa shape index (κ1) is 16.5. The molecule has 0 bridgehead atoms. The van der Waals surface area contributed by atoms with Crippen molar-refractivity contribution in [3.8, 4) is 0 Å². The van der Waals surface area contributed by atoms with Crippen LogP contribution >= 0.6 is 27.3 Å². The lowest BCUT2D eigenvalue weighted by atomic mass is 10.2. The Bertz CT molecular complexity index is 595. The predicted octanol–water partition coefficient (Wildman–Crippen LogP) is 4.35. The molecular weight excluding hydrogens is 346 g/mol. The maximum atomic E-state index is 4.52. The monoisotopic (exact) mass is 367 g/mol. The minimum atomic E-state index is 0.493. The lowest BCUT2D eigenvalue weighted by Gasteiger charge is -2.19. The third-order valence-corrected chi connectivity index (χ3v) is 4.80. The molecule has 1 N–H and O–H groups in total. The third kappa shape index (κ3) is 4.80. The third-order valence-electron chi connectivity index (χ3n) is 3.24. The van der Waals surface area contributed by atoms with E-state index in [-0.39, 0.29) is 0 Å². The summed E-state index contributed by atoms with van der Waals surface area (Å²) in [4.78, 5) is 6.74. The predicted molar refractivity (Wildman–Crippen MR) is 95.1 cm³/mol. The standard InChI is InChI=1S/C16H22BrN3S/c1-11(2)18-8-13-5-6-15(7-16(13)17)20(4)9-14-10-21-12(3)19-14/h5-7,10-11,18H,8-9H2,1-4H3. The summed E-state index contributed by atoms with van der Waals surface area (Å²) in [6, 6.07) is 7.02. The molecule has 0 saturated carbocycles. The van der Waals surface area contributed by atoms with E-state index in [0.29, 0.717) is 6.04 Å². The molecule has 0 radical (unpaired) electrons. The summed E-state index contributed by atoms with van der Waals surface area (Å²) >= 11 is 5.38. The van der Waals surface area contributed by atoms with Gasteiger partial charge in [-0.05, 0) is 24.6 Å². The van der Waals surface area contributed by atoms with Crippen molar-refractivity contribution in [1.29, 1.82) is 0 Å². The topological polar surface area (TPSA) is 28.2 Å². The van der Waals surface area contributed by atoms with Gasteiger partial charge in [0.05, 0.1) is 17.2 Å². The molecule has 0 aliphatic heterocycles. The van der Waals surface area contributed by atoms with Crippen molar-refractivity contribution in [2.24, 2.45) is 0 Å². The highest BCUT2D eigenvalue weighted by atomic mass is 79.9. The number of nitrogens with one attached hydrogen (secondary N) is 1. The van der Waals surface area contributed by atoms with Gasteiger partial charge in [-0.25, -0.2) is 4.98 Å². The number of rotatable bonds is 6. The maximum absolute atomic E-state index is 4.52. The number of nitrogens with zero attached hydrogens (tertiary/aromatic N) is 2. The molecule has 0 atom stereocenters. The minimum absolute atomic E-state index is 0.493. The highest BCUT2D eigenvalue weighted by molar-refractivity contribution is 9.10. The van der Waals surface area contributed by atoms with E-state index < -0.39 is 0 Å². The van der Waals surface area contributed by atoms with Gasteiger partial charge in [-0.1, -0.05) is 35.8 Å². The van der Waals surface area contributed by atoms with Crippen LogP contribution in [-0.4, -0.2) is 18.1 Å². The largest absolute Gasteiger partial charge is 0.369 e. The Labute approximate surface area is 139 Å². The van der Waals surface area contributed by atoms with Crippen molar-refractivity contribution >= 4 is 33.0 Å². The molecule has 0 saturated heterocycles. The summed E-state index contributed by atoms with van der Waals surface area (Å²) in [5, 5.41) is 6.69. The fourth-order valence-electron chi connectivity index (χ4n) is 2.05. The second kappa shape index (κ2) is 7.38. The van der Waals surface area contributed by atoms with Crippen molar-refractivity contribution in [2.75, 3.05) is 11.9 Å². The van der Waals surface area contributed by atoms with Crippen molar-refractivity contribution < 1.29 is 0 Å². The van der Waals surface area contributed by atoms with Gasteiger partial charge < -0.3 is 10.2 Å². The van der Waals surface area contributed by atoms with Crippen LogP contribution in [0.3, 0.4) is 0 Å². The lowest BCUT2D eigenvalue weighted by Crippen LogP contribution is -2.22. The first-order valence-electron chi connectivity index (χ1n) is 7.09. The highest BCUT2D eigenvalue weighted by Crippen LogP contribution is 2.25. The van der Waals surface area contributed by atoms with Crippen LogP contribution in [0.15, 0.2) is 28.1 Å². The number of benzene rings is 1. The van der Waals surface area contributed by atoms with Crippen LogP contribution in [0.2, 0.25) is 0 Å². The average Bonchev–Trinajstić information content (AvgIpc) is 2.82. The van der Waals surface area contributed by atoms with Gasteiger partial charge in [0.25, 0.3) is 0 Å². The number of anilines is 1. The van der Waals surface area contributed by atoms with E-state index in [0.717, 1.165) is 28.3 Å². The zero-order chi connectivity index (χ0) is 15.4. The second-order valence-corrected chi connectivity index (χ2v) is 7.44.